The fraction of sp³-hybridized carbons (Fsp3) is 0.526. The molecular formula is C19H29N3O3. The molecule has 0 aliphatic heterocycles. The lowest BCUT2D eigenvalue weighted by molar-refractivity contribution is -0.146. The predicted molar refractivity (Wildman–Crippen MR) is 101 cm³/mol. The van der Waals surface area contributed by atoms with E-state index < -0.39 is 6.10 Å². The number of hydrogen-bond donors (Lipinski definition) is 1. The van der Waals surface area contributed by atoms with Crippen molar-refractivity contribution in [3.63, 3.8) is 0 Å². The van der Waals surface area contributed by atoms with Gasteiger partial charge in [-0.15, -0.1) is 0 Å². The van der Waals surface area contributed by atoms with Crippen molar-refractivity contribution in [2.45, 2.75) is 66.7 Å². The van der Waals surface area contributed by atoms with Gasteiger partial charge in [0.25, 0.3) is 5.91 Å². The first-order chi connectivity index (χ1) is 11.6. The Bertz CT molecular complexity index is 613. The molecule has 1 aromatic rings. The van der Waals surface area contributed by atoms with Crippen LogP contribution in [0.15, 0.2) is 29.4 Å². The average molecular weight is 347 g/mol. The molecule has 2 amide bonds. The molecule has 0 saturated heterocycles. The summed E-state index contributed by atoms with van der Waals surface area (Å²) in [6.07, 6.45) is -0.654. The maximum absolute atomic E-state index is 12.5. The zero-order valence-corrected chi connectivity index (χ0v) is 16.2. The van der Waals surface area contributed by atoms with Crippen LogP contribution in [-0.4, -0.2) is 40.6 Å². The van der Waals surface area contributed by atoms with E-state index in [-0.39, 0.29) is 23.9 Å². The maximum Gasteiger partial charge on any atom is 0.266 e. The number of oxime groups is 1. The molecular weight excluding hydrogens is 318 g/mol. The third-order valence-corrected chi connectivity index (χ3v) is 3.69. The molecule has 0 saturated carbocycles. The SMILES string of the molecule is CC(=O)Nc1ccc(/C(C)=N/OC(C)C(=O)N(C(C)C)C(C)C)cc1. The number of benzene rings is 1. The summed E-state index contributed by atoms with van der Waals surface area (Å²) in [5.74, 6) is -0.198. The first kappa shape index (κ1) is 20.7. The summed E-state index contributed by atoms with van der Waals surface area (Å²) in [5.41, 5.74) is 2.24. The number of carbonyl (C=O) groups excluding carboxylic acids is 2. The molecule has 6 heteroatoms. The summed E-state index contributed by atoms with van der Waals surface area (Å²) in [4.78, 5) is 30.8. The predicted octanol–water partition coefficient (Wildman–Crippen LogP) is 3.42. The fourth-order valence-corrected chi connectivity index (χ4v) is 2.57. The van der Waals surface area contributed by atoms with Gasteiger partial charge in [0.2, 0.25) is 12.0 Å². The highest BCUT2D eigenvalue weighted by Gasteiger charge is 2.26. The van der Waals surface area contributed by atoms with Crippen molar-refractivity contribution in [1.82, 2.24) is 4.90 Å². The van der Waals surface area contributed by atoms with Gasteiger partial charge in [-0.1, -0.05) is 17.3 Å². The highest BCUT2D eigenvalue weighted by molar-refractivity contribution is 5.99. The Morgan fingerprint density at radius 2 is 1.52 bits per heavy atom. The van der Waals surface area contributed by atoms with Crippen LogP contribution in [0.3, 0.4) is 0 Å². The molecule has 0 bridgehead atoms. The standard InChI is InChI=1S/C19H29N3O3/c1-12(2)22(13(3)4)19(24)15(6)25-21-14(5)17-8-10-18(11-9-17)20-16(7)23/h8-13,15H,1-7H3,(H,20,23)/b21-14+. The third kappa shape index (κ3) is 6.21. The van der Waals surface area contributed by atoms with Crippen LogP contribution >= 0.6 is 0 Å². The van der Waals surface area contributed by atoms with Gasteiger partial charge in [-0.2, -0.15) is 0 Å². The number of anilines is 1. The summed E-state index contributed by atoms with van der Waals surface area (Å²) in [6, 6.07) is 7.48. The van der Waals surface area contributed by atoms with Gasteiger partial charge in [-0.25, -0.2) is 0 Å². The van der Waals surface area contributed by atoms with E-state index in [1.165, 1.54) is 6.92 Å². The van der Waals surface area contributed by atoms with Gasteiger partial charge in [-0.05, 0) is 59.2 Å². The zero-order valence-electron chi connectivity index (χ0n) is 16.2. The van der Waals surface area contributed by atoms with Crippen LogP contribution in [0.4, 0.5) is 5.69 Å². The Hall–Kier alpha value is -2.37. The van der Waals surface area contributed by atoms with E-state index in [9.17, 15) is 9.59 Å². The largest absolute Gasteiger partial charge is 0.382 e. The van der Waals surface area contributed by atoms with Crippen molar-refractivity contribution in [1.29, 1.82) is 0 Å². The summed E-state index contributed by atoms with van der Waals surface area (Å²) in [5, 5.41) is 6.80. The van der Waals surface area contributed by atoms with E-state index in [1.54, 1.807) is 24.0 Å². The van der Waals surface area contributed by atoms with Gasteiger partial charge < -0.3 is 15.1 Å². The number of nitrogens with zero attached hydrogens (tertiary/aromatic N) is 2. The Kier molecular flexibility index (Phi) is 7.61. The summed E-state index contributed by atoms with van der Waals surface area (Å²) in [6.45, 7) is 12.9. The van der Waals surface area contributed by atoms with Crippen LogP contribution in [0.1, 0.15) is 54.0 Å². The number of hydrogen-bond acceptors (Lipinski definition) is 4. The quantitative estimate of drug-likeness (QED) is 0.607. The Morgan fingerprint density at radius 1 is 1.00 bits per heavy atom. The summed E-state index contributed by atoms with van der Waals surface area (Å²) in [7, 11) is 0. The minimum atomic E-state index is -0.654. The molecule has 0 heterocycles. The van der Waals surface area contributed by atoms with E-state index in [4.69, 9.17) is 4.84 Å². The van der Waals surface area contributed by atoms with Crippen molar-refractivity contribution in [2.24, 2.45) is 5.16 Å². The van der Waals surface area contributed by atoms with E-state index in [0.29, 0.717) is 5.71 Å². The lowest BCUT2D eigenvalue weighted by Gasteiger charge is -2.32. The molecule has 1 N–H and O–H groups in total. The molecule has 0 radical (unpaired) electrons. The number of nitrogens with one attached hydrogen (secondary N) is 1. The fourth-order valence-electron chi connectivity index (χ4n) is 2.57. The molecule has 0 fully saturated rings. The van der Waals surface area contributed by atoms with Gasteiger partial charge in [0.15, 0.2) is 0 Å². The normalized spacial score (nSPS) is 12.9. The molecule has 1 unspecified atom stereocenters. The van der Waals surface area contributed by atoms with Crippen molar-refractivity contribution < 1.29 is 14.4 Å². The van der Waals surface area contributed by atoms with E-state index in [0.717, 1.165) is 11.3 Å². The van der Waals surface area contributed by atoms with Crippen LogP contribution < -0.4 is 5.32 Å². The lowest BCUT2D eigenvalue weighted by atomic mass is 10.1. The minimum absolute atomic E-state index is 0.0810. The van der Waals surface area contributed by atoms with E-state index in [1.807, 2.05) is 46.8 Å². The molecule has 0 aliphatic rings. The van der Waals surface area contributed by atoms with Crippen LogP contribution in [0.2, 0.25) is 0 Å². The first-order valence-electron chi connectivity index (χ1n) is 8.54. The molecule has 1 aromatic carbocycles. The number of rotatable bonds is 7. The Balaban J connectivity index is 2.76. The lowest BCUT2D eigenvalue weighted by Crippen LogP contribution is -2.46. The molecule has 0 spiro atoms. The van der Waals surface area contributed by atoms with Crippen molar-refractivity contribution >= 4 is 23.2 Å². The van der Waals surface area contributed by atoms with E-state index in [2.05, 4.69) is 10.5 Å². The number of amides is 2. The monoisotopic (exact) mass is 347 g/mol. The highest BCUT2D eigenvalue weighted by Crippen LogP contribution is 2.12. The van der Waals surface area contributed by atoms with Crippen LogP contribution in [-0.2, 0) is 14.4 Å². The molecule has 1 rings (SSSR count). The van der Waals surface area contributed by atoms with Gasteiger partial charge in [0.05, 0.1) is 5.71 Å². The van der Waals surface area contributed by atoms with Gasteiger partial charge in [0.1, 0.15) is 0 Å². The molecule has 1 atom stereocenters. The van der Waals surface area contributed by atoms with Crippen LogP contribution in [0, 0.1) is 0 Å². The number of carbonyl (C=O) groups is 2. The van der Waals surface area contributed by atoms with Gasteiger partial charge in [-0.3, -0.25) is 9.59 Å². The zero-order chi connectivity index (χ0) is 19.1. The maximum atomic E-state index is 12.5. The Morgan fingerprint density at radius 3 is 1.96 bits per heavy atom. The van der Waals surface area contributed by atoms with Crippen molar-refractivity contribution in [2.75, 3.05) is 5.32 Å². The first-order valence-corrected chi connectivity index (χ1v) is 8.54. The molecule has 0 aliphatic carbocycles. The van der Waals surface area contributed by atoms with Crippen LogP contribution in [0.5, 0.6) is 0 Å². The molecule has 6 nitrogen and oxygen atoms in total. The minimum Gasteiger partial charge on any atom is -0.382 e. The van der Waals surface area contributed by atoms with E-state index >= 15 is 0 Å². The summed E-state index contributed by atoms with van der Waals surface area (Å²) < 4.78 is 0. The van der Waals surface area contributed by atoms with Crippen LogP contribution in [0.25, 0.3) is 0 Å². The molecule has 25 heavy (non-hydrogen) atoms. The smallest absolute Gasteiger partial charge is 0.266 e. The Labute approximate surface area is 150 Å². The summed E-state index contributed by atoms with van der Waals surface area (Å²) >= 11 is 0. The van der Waals surface area contributed by atoms with Gasteiger partial charge in [0, 0.05) is 24.7 Å². The average Bonchev–Trinajstić information content (AvgIpc) is 2.51. The second kappa shape index (κ2) is 9.20. The molecule has 138 valence electrons. The topological polar surface area (TPSA) is 71.0 Å². The van der Waals surface area contributed by atoms with Gasteiger partial charge >= 0.3 is 0 Å². The third-order valence-electron chi connectivity index (χ3n) is 3.69. The second-order valence-corrected chi connectivity index (χ2v) is 6.62. The van der Waals surface area contributed by atoms with Crippen molar-refractivity contribution in [3.8, 4) is 0 Å². The highest BCUT2D eigenvalue weighted by atomic mass is 16.6. The second-order valence-electron chi connectivity index (χ2n) is 6.62. The molecule has 0 aromatic heterocycles. The van der Waals surface area contributed by atoms with Crippen molar-refractivity contribution in [3.05, 3.63) is 29.8 Å².